The third kappa shape index (κ3) is 5.20. The molecule has 0 aliphatic carbocycles. The lowest BCUT2D eigenvalue weighted by atomic mass is 10.1. The summed E-state index contributed by atoms with van der Waals surface area (Å²) in [7, 11) is 1.32. The second-order valence-corrected chi connectivity index (χ2v) is 6.17. The van der Waals surface area contributed by atoms with Crippen molar-refractivity contribution in [3.05, 3.63) is 101 Å². The molecule has 3 aromatic rings. The third-order valence-electron chi connectivity index (χ3n) is 4.19. The second-order valence-electron chi connectivity index (χ2n) is 6.17. The van der Waals surface area contributed by atoms with Crippen LogP contribution in [-0.4, -0.2) is 19.0 Å². The molecule has 3 aromatic carbocycles. The van der Waals surface area contributed by atoms with E-state index in [-0.39, 0.29) is 5.91 Å². The molecule has 5 nitrogen and oxygen atoms in total. The SMILES string of the molecule is COC(=O)c1ccc(C(=O)NCc2ccc(COc3ccccc3)cc2)cc1. The smallest absolute Gasteiger partial charge is 0.337 e. The topological polar surface area (TPSA) is 64.6 Å². The Bertz CT molecular complexity index is 919. The van der Waals surface area contributed by atoms with Gasteiger partial charge in [-0.25, -0.2) is 4.79 Å². The van der Waals surface area contributed by atoms with E-state index < -0.39 is 5.97 Å². The Hall–Kier alpha value is -3.60. The summed E-state index contributed by atoms with van der Waals surface area (Å²) in [6.07, 6.45) is 0. The Kier molecular flexibility index (Phi) is 6.41. The van der Waals surface area contributed by atoms with Crippen molar-refractivity contribution in [3.63, 3.8) is 0 Å². The summed E-state index contributed by atoms with van der Waals surface area (Å²) in [6.45, 7) is 0.903. The minimum Gasteiger partial charge on any atom is -0.489 e. The maximum absolute atomic E-state index is 12.2. The molecule has 1 amide bonds. The van der Waals surface area contributed by atoms with E-state index in [1.165, 1.54) is 7.11 Å². The number of hydrogen-bond donors (Lipinski definition) is 1. The molecule has 0 saturated heterocycles. The van der Waals surface area contributed by atoms with E-state index in [4.69, 9.17) is 4.74 Å². The van der Waals surface area contributed by atoms with Crippen LogP contribution >= 0.6 is 0 Å². The summed E-state index contributed by atoms with van der Waals surface area (Å²) >= 11 is 0. The van der Waals surface area contributed by atoms with Crippen molar-refractivity contribution < 1.29 is 19.1 Å². The highest BCUT2D eigenvalue weighted by Gasteiger charge is 2.09. The third-order valence-corrected chi connectivity index (χ3v) is 4.19. The molecule has 0 saturated carbocycles. The van der Waals surface area contributed by atoms with Crippen LogP contribution in [0.3, 0.4) is 0 Å². The van der Waals surface area contributed by atoms with Crippen molar-refractivity contribution in [3.8, 4) is 5.75 Å². The van der Waals surface area contributed by atoms with Crippen LogP contribution in [-0.2, 0) is 17.9 Å². The number of rotatable bonds is 7. The van der Waals surface area contributed by atoms with Gasteiger partial charge < -0.3 is 14.8 Å². The van der Waals surface area contributed by atoms with Gasteiger partial charge in [-0.3, -0.25) is 4.79 Å². The summed E-state index contributed by atoms with van der Waals surface area (Å²) in [5.41, 5.74) is 2.94. The molecule has 0 fully saturated rings. The Morgan fingerprint density at radius 1 is 0.786 bits per heavy atom. The highest BCUT2D eigenvalue weighted by molar-refractivity contribution is 5.96. The fourth-order valence-corrected chi connectivity index (χ4v) is 2.60. The number of para-hydroxylation sites is 1. The van der Waals surface area contributed by atoms with Crippen molar-refractivity contribution in [2.45, 2.75) is 13.2 Å². The molecule has 0 heterocycles. The average molecular weight is 375 g/mol. The molecule has 3 rings (SSSR count). The van der Waals surface area contributed by atoms with Gasteiger partial charge in [0.15, 0.2) is 0 Å². The normalized spacial score (nSPS) is 10.2. The van der Waals surface area contributed by atoms with Gasteiger partial charge in [-0.05, 0) is 47.5 Å². The van der Waals surface area contributed by atoms with Gasteiger partial charge >= 0.3 is 5.97 Å². The highest BCUT2D eigenvalue weighted by atomic mass is 16.5. The van der Waals surface area contributed by atoms with Gasteiger partial charge in [0.05, 0.1) is 12.7 Å². The first-order valence-corrected chi connectivity index (χ1v) is 8.88. The number of hydrogen-bond acceptors (Lipinski definition) is 4. The molecule has 5 heteroatoms. The minimum absolute atomic E-state index is 0.201. The Morgan fingerprint density at radius 2 is 1.39 bits per heavy atom. The molecule has 0 radical (unpaired) electrons. The van der Waals surface area contributed by atoms with Crippen LogP contribution in [0, 0.1) is 0 Å². The molecular weight excluding hydrogens is 354 g/mol. The van der Waals surface area contributed by atoms with E-state index in [9.17, 15) is 9.59 Å². The van der Waals surface area contributed by atoms with Gasteiger partial charge in [0, 0.05) is 12.1 Å². The first-order chi connectivity index (χ1) is 13.7. The zero-order valence-corrected chi connectivity index (χ0v) is 15.6. The van der Waals surface area contributed by atoms with Gasteiger partial charge in [-0.2, -0.15) is 0 Å². The van der Waals surface area contributed by atoms with Crippen molar-refractivity contribution in [1.29, 1.82) is 0 Å². The van der Waals surface area contributed by atoms with Gasteiger partial charge in [0.25, 0.3) is 5.91 Å². The molecule has 0 aromatic heterocycles. The number of amides is 1. The van der Waals surface area contributed by atoms with E-state index in [0.29, 0.717) is 24.3 Å². The van der Waals surface area contributed by atoms with Crippen LogP contribution < -0.4 is 10.1 Å². The number of methoxy groups -OCH3 is 1. The quantitative estimate of drug-likeness (QED) is 0.635. The largest absolute Gasteiger partial charge is 0.489 e. The Balaban J connectivity index is 1.50. The molecule has 1 N–H and O–H groups in total. The summed E-state index contributed by atoms with van der Waals surface area (Å²) in [4.78, 5) is 23.7. The predicted molar refractivity (Wildman–Crippen MR) is 106 cm³/mol. The minimum atomic E-state index is -0.428. The molecule has 28 heavy (non-hydrogen) atoms. The number of carbonyl (C=O) groups is 2. The first-order valence-electron chi connectivity index (χ1n) is 8.88. The molecule has 0 atom stereocenters. The first kappa shape index (κ1) is 19.2. The standard InChI is InChI=1S/C23H21NO4/c1-27-23(26)20-13-11-19(12-14-20)22(25)24-15-17-7-9-18(10-8-17)16-28-21-5-3-2-4-6-21/h2-14H,15-16H2,1H3,(H,24,25). The van der Waals surface area contributed by atoms with Crippen LogP contribution in [0.1, 0.15) is 31.8 Å². The zero-order valence-electron chi connectivity index (χ0n) is 15.6. The van der Waals surface area contributed by atoms with Gasteiger partial charge in [0.1, 0.15) is 12.4 Å². The van der Waals surface area contributed by atoms with Crippen molar-refractivity contribution in [1.82, 2.24) is 5.32 Å². The molecule has 0 aliphatic heterocycles. The van der Waals surface area contributed by atoms with Gasteiger partial charge in [0.2, 0.25) is 0 Å². The van der Waals surface area contributed by atoms with E-state index in [1.807, 2.05) is 54.6 Å². The number of carbonyl (C=O) groups excluding carboxylic acids is 2. The van der Waals surface area contributed by atoms with E-state index in [0.717, 1.165) is 16.9 Å². The van der Waals surface area contributed by atoms with Crippen LogP contribution in [0.25, 0.3) is 0 Å². The van der Waals surface area contributed by atoms with Crippen LogP contribution in [0.15, 0.2) is 78.9 Å². The fraction of sp³-hybridized carbons (Fsp3) is 0.130. The average Bonchev–Trinajstić information content (AvgIpc) is 2.77. The van der Waals surface area contributed by atoms with Crippen LogP contribution in [0.5, 0.6) is 5.75 Å². The zero-order chi connectivity index (χ0) is 19.8. The second kappa shape index (κ2) is 9.37. The maximum atomic E-state index is 12.2. The molecule has 0 bridgehead atoms. The molecule has 0 aliphatic rings. The lowest BCUT2D eigenvalue weighted by Crippen LogP contribution is -2.22. The van der Waals surface area contributed by atoms with Crippen LogP contribution in [0.2, 0.25) is 0 Å². The fourth-order valence-electron chi connectivity index (χ4n) is 2.60. The number of ether oxygens (including phenoxy) is 2. The molecule has 0 spiro atoms. The van der Waals surface area contributed by atoms with E-state index >= 15 is 0 Å². The Morgan fingerprint density at radius 3 is 2.04 bits per heavy atom. The predicted octanol–water partition coefficient (Wildman–Crippen LogP) is 3.98. The number of esters is 1. The van der Waals surface area contributed by atoms with Gasteiger partial charge in [-0.1, -0.05) is 42.5 Å². The molecule has 142 valence electrons. The van der Waals surface area contributed by atoms with E-state index in [2.05, 4.69) is 10.1 Å². The Labute approximate surface area is 163 Å². The number of nitrogens with one attached hydrogen (secondary N) is 1. The summed E-state index contributed by atoms with van der Waals surface area (Å²) in [6, 6.07) is 23.9. The van der Waals surface area contributed by atoms with E-state index in [1.54, 1.807) is 24.3 Å². The van der Waals surface area contributed by atoms with Crippen LogP contribution in [0.4, 0.5) is 0 Å². The summed E-state index contributed by atoms with van der Waals surface area (Å²) in [5, 5.41) is 2.87. The summed E-state index contributed by atoms with van der Waals surface area (Å²) in [5.74, 6) is 0.202. The lowest BCUT2D eigenvalue weighted by molar-refractivity contribution is 0.0600. The summed E-state index contributed by atoms with van der Waals surface area (Å²) < 4.78 is 10.4. The van der Waals surface area contributed by atoms with Crippen molar-refractivity contribution >= 4 is 11.9 Å². The number of benzene rings is 3. The monoisotopic (exact) mass is 375 g/mol. The van der Waals surface area contributed by atoms with Gasteiger partial charge in [-0.15, -0.1) is 0 Å². The molecule has 0 unspecified atom stereocenters. The highest BCUT2D eigenvalue weighted by Crippen LogP contribution is 2.12. The lowest BCUT2D eigenvalue weighted by Gasteiger charge is -2.08. The molecular formula is C23H21NO4. The van der Waals surface area contributed by atoms with Crippen molar-refractivity contribution in [2.24, 2.45) is 0 Å². The van der Waals surface area contributed by atoms with Crippen molar-refractivity contribution in [2.75, 3.05) is 7.11 Å². The maximum Gasteiger partial charge on any atom is 0.337 e.